The molecule has 0 radical (unpaired) electrons. The number of hydrogen-bond acceptors (Lipinski definition) is 7. The zero-order chi connectivity index (χ0) is 24.2. The van der Waals surface area contributed by atoms with Gasteiger partial charge in [0.1, 0.15) is 17.5 Å². The van der Waals surface area contributed by atoms with Crippen LogP contribution in [0.1, 0.15) is 58.4 Å². The van der Waals surface area contributed by atoms with Crippen LogP contribution in [0.2, 0.25) is 0 Å². The largest absolute Gasteiger partial charge is 0.470 e. The molecule has 1 aromatic rings. The number of aromatic nitrogens is 1. The highest BCUT2D eigenvalue weighted by atomic mass is 19.1. The van der Waals surface area contributed by atoms with Crippen molar-refractivity contribution >= 4 is 12.0 Å². The Kier molecular flexibility index (Phi) is 7.60. The summed E-state index contributed by atoms with van der Waals surface area (Å²) >= 11 is 0. The van der Waals surface area contributed by atoms with Gasteiger partial charge in [-0.1, -0.05) is 11.6 Å². The first-order valence-electron chi connectivity index (χ1n) is 12.4. The molecule has 0 aromatic carbocycles. The molecule has 0 spiro atoms. The van der Waals surface area contributed by atoms with E-state index in [9.17, 15) is 9.18 Å². The first kappa shape index (κ1) is 24.7. The first-order chi connectivity index (χ1) is 16.2. The van der Waals surface area contributed by atoms with Crippen molar-refractivity contribution in [1.29, 1.82) is 0 Å². The molecule has 1 amide bonds. The minimum atomic E-state index is -0.551. The topological polar surface area (TPSA) is 76.5 Å². The van der Waals surface area contributed by atoms with E-state index in [1.54, 1.807) is 11.1 Å². The van der Waals surface area contributed by atoms with E-state index in [0.717, 1.165) is 25.2 Å². The van der Waals surface area contributed by atoms with Crippen molar-refractivity contribution in [2.24, 2.45) is 10.6 Å². The molecule has 2 saturated heterocycles. The number of hydrogen-bond donors (Lipinski definition) is 0. The zero-order valence-corrected chi connectivity index (χ0v) is 20.6. The van der Waals surface area contributed by atoms with Crippen molar-refractivity contribution in [3.8, 4) is 0 Å². The predicted molar refractivity (Wildman–Crippen MR) is 126 cm³/mol. The van der Waals surface area contributed by atoms with E-state index in [4.69, 9.17) is 14.3 Å². The number of rotatable bonds is 5. The molecule has 4 rings (SSSR count). The molecule has 0 bridgehead atoms. The number of carbonyl (C=O) groups excluding carboxylic acids is 1. The van der Waals surface area contributed by atoms with Crippen LogP contribution < -0.4 is 0 Å². The molecule has 3 aliphatic heterocycles. The Morgan fingerprint density at radius 3 is 2.59 bits per heavy atom. The maximum Gasteiger partial charge on any atom is 0.410 e. The summed E-state index contributed by atoms with van der Waals surface area (Å²) in [5, 5.41) is 4.34. The fourth-order valence-electron chi connectivity index (χ4n) is 4.99. The van der Waals surface area contributed by atoms with Gasteiger partial charge in [-0.2, -0.15) is 0 Å². The van der Waals surface area contributed by atoms with Gasteiger partial charge in [0, 0.05) is 25.8 Å². The molecular weight excluding hydrogens is 439 g/mol. The highest BCUT2D eigenvalue weighted by Gasteiger charge is 2.45. The minimum Gasteiger partial charge on any atom is -0.470 e. The second kappa shape index (κ2) is 10.5. The third-order valence-electron chi connectivity index (χ3n) is 6.73. The van der Waals surface area contributed by atoms with Gasteiger partial charge < -0.3 is 19.2 Å². The summed E-state index contributed by atoms with van der Waals surface area (Å²) in [6, 6.07) is 1.50. The average Bonchev–Trinajstić information content (AvgIpc) is 2.79. The summed E-state index contributed by atoms with van der Waals surface area (Å²) in [7, 11) is 0. The summed E-state index contributed by atoms with van der Waals surface area (Å²) in [6.45, 7) is 9.96. The predicted octanol–water partition coefficient (Wildman–Crippen LogP) is 4.00. The molecule has 8 nitrogen and oxygen atoms in total. The minimum absolute atomic E-state index is 0.100. The van der Waals surface area contributed by atoms with Crippen LogP contribution in [0.5, 0.6) is 0 Å². The van der Waals surface area contributed by atoms with Crippen LogP contribution in [0, 0.1) is 11.2 Å². The Bertz CT molecular complexity index is 874. The number of likely N-dealkylation sites (tertiary alicyclic amines) is 2. The van der Waals surface area contributed by atoms with Gasteiger partial charge in [-0.05, 0) is 77.6 Å². The SMILES string of the molecule is CC(C)(C)OC(=O)N1CCC(Cc2cncc(F)c2)(C2=NOC[C@@H](CN3CCCCC3)O2)CC1. The molecule has 188 valence electrons. The van der Waals surface area contributed by atoms with Crippen LogP contribution in [0.3, 0.4) is 0 Å². The molecule has 0 N–H and O–H groups in total. The van der Waals surface area contributed by atoms with Crippen LogP contribution in [-0.4, -0.2) is 77.8 Å². The quantitative estimate of drug-likeness (QED) is 0.640. The lowest BCUT2D eigenvalue weighted by Crippen LogP contribution is -2.52. The van der Waals surface area contributed by atoms with E-state index >= 15 is 0 Å². The number of oxime groups is 1. The number of piperidine rings is 2. The van der Waals surface area contributed by atoms with Gasteiger partial charge in [0.05, 0.1) is 11.6 Å². The van der Waals surface area contributed by atoms with Gasteiger partial charge in [0.2, 0.25) is 5.90 Å². The normalized spacial score (nSPS) is 23.5. The van der Waals surface area contributed by atoms with Crippen LogP contribution in [0.25, 0.3) is 0 Å². The first-order valence-corrected chi connectivity index (χ1v) is 12.4. The van der Waals surface area contributed by atoms with Gasteiger partial charge in [0.15, 0.2) is 6.61 Å². The second-order valence-corrected chi connectivity index (χ2v) is 10.7. The number of halogens is 1. The van der Waals surface area contributed by atoms with Crippen LogP contribution in [0.4, 0.5) is 9.18 Å². The van der Waals surface area contributed by atoms with E-state index in [2.05, 4.69) is 15.0 Å². The number of pyridine rings is 1. The van der Waals surface area contributed by atoms with Crippen molar-refractivity contribution in [2.45, 2.75) is 71.0 Å². The summed E-state index contributed by atoms with van der Waals surface area (Å²) in [4.78, 5) is 26.5. The number of nitrogens with zero attached hydrogens (tertiary/aromatic N) is 4. The van der Waals surface area contributed by atoms with Crippen molar-refractivity contribution in [3.63, 3.8) is 0 Å². The van der Waals surface area contributed by atoms with E-state index in [-0.39, 0.29) is 18.0 Å². The Morgan fingerprint density at radius 1 is 1.18 bits per heavy atom. The summed E-state index contributed by atoms with van der Waals surface area (Å²) in [5.74, 6) is 0.179. The van der Waals surface area contributed by atoms with Gasteiger partial charge in [0.25, 0.3) is 0 Å². The monoisotopic (exact) mass is 476 g/mol. The molecule has 4 heterocycles. The van der Waals surface area contributed by atoms with E-state index in [1.807, 2.05) is 20.8 Å². The van der Waals surface area contributed by atoms with Gasteiger partial charge >= 0.3 is 6.09 Å². The standard InChI is InChI=1S/C25H37FN4O4/c1-24(2,3)34-23(31)30-11-7-25(8-12-30,14-19-13-20(26)16-27-15-19)22-28-32-18-21(33-22)17-29-9-5-4-6-10-29/h13,15-16,21H,4-12,14,17-18H2,1-3H3/t21-/m1/s1. The average molecular weight is 477 g/mol. The van der Waals surface area contributed by atoms with Gasteiger partial charge in [-0.15, -0.1) is 0 Å². The fourth-order valence-corrected chi connectivity index (χ4v) is 4.99. The molecule has 34 heavy (non-hydrogen) atoms. The lowest BCUT2D eigenvalue weighted by Gasteiger charge is -2.43. The highest BCUT2D eigenvalue weighted by molar-refractivity contribution is 5.83. The Morgan fingerprint density at radius 2 is 1.91 bits per heavy atom. The van der Waals surface area contributed by atoms with Crippen LogP contribution in [0.15, 0.2) is 23.6 Å². The van der Waals surface area contributed by atoms with Crippen molar-refractivity contribution in [3.05, 3.63) is 29.8 Å². The van der Waals surface area contributed by atoms with Crippen molar-refractivity contribution in [1.82, 2.24) is 14.8 Å². The molecular formula is C25H37FN4O4. The molecule has 3 aliphatic rings. The lowest BCUT2D eigenvalue weighted by atomic mass is 9.73. The molecule has 0 saturated carbocycles. The van der Waals surface area contributed by atoms with E-state index in [0.29, 0.717) is 44.9 Å². The molecule has 1 atom stereocenters. The van der Waals surface area contributed by atoms with E-state index < -0.39 is 11.0 Å². The third kappa shape index (κ3) is 6.37. The summed E-state index contributed by atoms with van der Waals surface area (Å²) in [6.07, 6.45) is 7.91. The molecule has 1 aromatic heterocycles. The number of amides is 1. The molecule has 2 fully saturated rings. The van der Waals surface area contributed by atoms with Crippen molar-refractivity contribution < 1.29 is 23.5 Å². The maximum atomic E-state index is 13.9. The van der Waals surface area contributed by atoms with Gasteiger partial charge in [-0.25, -0.2) is 9.18 Å². The maximum absolute atomic E-state index is 13.9. The molecule has 0 unspecified atom stereocenters. The molecule has 0 aliphatic carbocycles. The summed E-state index contributed by atoms with van der Waals surface area (Å²) < 4.78 is 25.9. The Balaban J connectivity index is 1.49. The van der Waals surface area contributed by atoms with Crippen LogP contribution >= 0.6 is 0 Å². The fraction of sp³-hybridized carbons (Fsp3) is 0.720. The number of carbonyl (C=O) groups is 1. The Labute approximate surface area is 201 Å². The third-order valence-corrected chi connectivity index (χ3v) is 6.73. The molecule has 9 heteroatoms. The zero-order valence-electron chi connectivity index (χ0n) is 20.6. The summed E-state index contributed by atoms with van der Waals surface area (Å²) in [5.41, 5.74) is -0.283. The van der Waals surface area contributed by atoms with E-state index in [1.165, 1.54) is 31.5 Å². The van der Waals surface area contributed by atoms with Crippen LogP contribution in [-0.2, 0) is 20.7 Å². The lowest BCUT2D eigenvalue weighted by molar-refractivity contribution is -0.0292. The van der Waals surface area contributed by atoms with Crippen molar-refractivity contribution in [2.75, 3.05) is 39.3 Å². The van der Waals surface area contributed by atoms with Gasteiger partial charge in [-0.3, -0.25) is 9.88 Å². The smallest absolute Gasteiger partial charge is 0.410 e. The highest BCUT2D eigenvalue weighted by Crippen LogP contribution is 2.39. The second-order valence-electron chi connectivity index (χ2n) is 10.7. The Hall–Kier alpha value is -2.42. The number of ether oxygens (including phenoxy) is 2.